The van der Waals surface area contributed by atoms with Gasteiger partial charge in [0.15, 0.2) is 0 Å². The Labute approximate surface area is 92.9 Å². The SMILES string of the molecule is CCc1ccc(C(N)CCC(C)(C)C)o1. The molecule has 2 nitrogen and oxygen atoms in total. The van der Waals surface area contributed by atoms with Crippen molar-refractivity contribution in [3.05, 3.63) is 23.7 Å². The van der Waals surface area contributed by atoms with Gasteiger partial charge >= 0.3 is 0 Å². The highest BCUT2D eigenvalue weighted by atomic mass is 16.3. The van der Waals surface area contributed by atoms with Crippen LogP contribution in [0.1, 0.15) is 58.1 Å². The molecule has 86 valence electrons. The van der Waals surface area contributed by atoms with Gasteiger partial charge in [-0.05, 0) is 30.4 Å². The molecule has 0 amide bonds. The minimum atomic E-state index is 0.0459. The van der Waals surface area contributed by atoms with Crippen molar-refractivity contribution in [3.8, 4) is 0 Å². The highest BCUT2D eigenvalue weighted by Gasteiger charge is 2.15. The molecular weight excluding hydrogens is 186 g/mol. The molecule has 2 N–H and O–H groups in total. The monoisotopic (exact) mass is 209 g/mol. The molecule has 0 bridgehead atoms. The summed E-state index contributed by atoms with van der Waals surface area (Å²) in [6.07, 6.45) is 3.04. The molecule has 1 heterocycles. The zero-order valence-electron chi connectivity index (χ0n) is 10.3. The lowest BCUT2D eigenvalue weighted by Crippen LogP contribution is -2.14. The van der Waals surface area contributed by atoms with E-state index in [4.69, 9.17) is 10.2 Å². The maximum Gasteiger partial charge on any atom is 0.120 e. The molecule has 0 aliphatic heterocycles. The van der Waals surface area contributed by atoms with Gasteiger partial charge < -0.3 is 10.2 Å². The lowest BCUT2D eigenvalue weighted by atomic mass is 9.88. The number of hydrogen-bond donors (Lipinski definition) is 1. The maximum atomic E-state index is 6.08. The molecule has 1 aromatic rings. The average molecular weight is 209 g/mol. The van der Waals surface area contributed by atoms with Gasteiger partial charge in [-0.15, -0.1) is 0 Å². The third kappa shape index (κ3) is 4.08. The summed E-state index contributed by atoms with van der Waals surface area (Å²) >= 11 is 0. The summed E-state index contributed by atoms with van der Waals surface area (Å²) in [5.74, 6) is 1.95. The largest absolute Gasteiger partial charge is 0.464 e. The summed E-state index contributed by atoms with van der Waals surface area (Å²) in [5.41, 5.74) is 6.42. The van der Waals surface area contributed by atoms with E-state index >= 15 is 0 Å². The zero-order valence-corrected chi connectivity index (χ0v) is 10.3. The van der Waals surface area contributed by atoms with E-state index in [0.29, 0.717) is 5.41 Å². The highest BCUT2D eigenvalue weighted by Crippen LogP contribution is 2.26. The van der Waals surface area contributed by atoms with E-state index in [-0.39, 0.29) is 6.04 Å². The molecule has 0 fully saturated rings. The summed E-state index contributed by atoms with van der Waals surface area (Å²) in [6, 6.07) is 4.07. The van der Waals surface area contributed by atoms with Gasteiger partial charge in [-0.3, -0.25) is 0 Å². The van der Waals surface area contributed by atoms with Gasteiger partial charge in [-0.25, -0.2) is 0 Å². The van der Waals surface area contributed by atoms with Crippen molar-refractivity contribution in [3.63, 3.8) is 0 Å². The smallest absolute Gasteiger partial charge is 0.120 e. The van der Waals surface area contributed by atoms with E-state index < -0.39 is 0 Å². The molecule has 1 aromatic heterocycles. The Morgan fingerprint density at radius 1 is 1.33 bits per heavy atom. The van der Waals surface area contributed by atoms with Crippen LogP contribution < -0.4 is 5.73 Å². The standard InChI is InChI=1S/C13H23NO/c1-5-10-6-7-12(15-10)11(14)8-9-13(2,3)4/h6-7,11H,5,8-9,14H2,1-4H3. The van der Waals surface area contributed by atoms with Crippen LogP contribution in [0.4, 0.5) is 0 Å². The van der Waals surface area contributed by atoms with E-state index in [1.165, 1.54) is 0 Å². The lowest BCUT2D eigenvalue weighted by molar-refractivity contribution is 0.331. The fraction of sp³-hybridized carbons (Fsp3) is 0.692. The molecule has 0 saturated heterocycles. The predicted molar refractivity (Wildman–Crippen MR) is 63.7 cm³/mol. The van der Waals surface area contributed by atoms with Gasteiger partial charge in [-0.1, -0.05) is 27.7 Å². The first kappa shape index (κ1) is 12.3. The molecular formula is C13H23NO. The second-order valence-electron chi connectivity index (χ2n) is 5.36. The van der Waals surface area contributed by atoms with Crippen LogP contribution in [0.25, 0.3) is 0 Å². The van der Waals surface area contributed by atoms with Crippen molar-refractivity contribution in [2.24, 2.45) is 11.1 Å². The first-order valence-corrected chi connectivity index (χ1v) is 5.76. The van der Waals surface area contributed by atoms with Gasteiger partial charge in [-0.2, -0.15) is 0 Å². The summed E-state index contributed by atoms with van der Waals surface area (Å²) < 4.78 is 5.63. The van der Waals surface area contributed by atoms with E-state index in [2.05, 4.69) is 27.7 Å². The molecule has 1 unspecified atom stereocenters. The summed E-state index contributed by atoms with van der Waals surface area (Å²) in [4.78, 5) is 0. The van der Waals surface area contributed by atoms with Crippen molar-refractivity contribution in [2.45, 2.75) is 53.0 Å². The van der Waals surface area contributed by atoms with Gasteiger partial charge in [0.05, 0.1) is 6.04 Å². The Balaban J connectivity index is 2.50. The third-order valence-electron chi connectivity index (χ3n) is 2.60. The summed E-state index contributed by atoms with van der Waals surface area (Å²) in [7, 11) is 0. The van der Waals surface area contributed by atoms with E-state index in [1.807, 2.05) is 12.1 Å². The Morgan fingerprint density at radius 3 is 2.47 bits per heavy atom. The van der Waals surface area contributed by atoms with Crippen LogP contribution in [0.15, 0.2) is 16.5 Å². The predicted octanol–water partition coefficient (Wildman–Crippen LogP) is 3.67. The molecule has 0 radical (unpaired) electrons. The molecule has 0 saturated carbocycles. The van der Waals surface area contributed by atoms with Crippen molar-refractivity contribution in [2.75, 3.05) is 0 Å². The van der Waals surface area contributed by atoms with Crippen LogP contribution in [0, 0.1) is 5.41 Å². The van der Waals surface area contributed by atoms with Crippen molar-refractivity contribution < 1.29 is 4.42 Å². The zero-order chi connectivity index (χ0) is 11.5. The van der Waals surface area contributed by atoms with Crippen LogP contribution in [-0.2, 0) is 6.42 Å². The average Bonchev–Trinajstić information content (AvgIpc) is 2.61. The molecule has 1 atom stereocenters. The number of hydrogen-bond acceptors (Lipinski definition) is 2. The second kappa shape index (κ2) is 4.84. The van der Waals surface area contributed by atoms with E-state index in [9.17, 15) is 0 Å². The molecule has 0 aromatic carbocycles. The molecule has 0 spiro atoms. The summed E-state index contributed by atoms with van der Waals surface area (Å²) in [5, 5.41) is 0. The summed E-state index contributed by atoms with van der Waals surface area (Å²) in [6.45, 7) is 8.79. The third-order valence-corrected chi connectivity index (χ3v) is 2.60. The van der Waals surface area contributed by atoms with Crippen LogP contribution in [0.3, 0.4) is 0 Å². The number of nitrogens with two attached hydrogens (primary N) is 1. The van der Waals surface area contributed by atoms with Crippen LogP contribution in [0.2, 0.25) is 0 Å². The number of furan rings is 1. The minimum absolute atomic E-state index is 0.0459. The van der Waals surface area contributed by atoms with Crippen LogP contribution >= 0.6 is 0 Å². The number of rotatable bonds is 4. The van der Waals surface area contributed by atoms with Crippen molar-refractivity contribution in [1.82, 2.24) is 0 Å². The fourth-order valence-electron chi connectivity index (χ4n) is 1.51. The number of aryl methyl sites for hydroxylation is 1. The van der Waals surface area contributed by atoms with Gasteiger partial charge in [0, 0.05) is 6.42 Å². The van der Waals surface area contributed by atoms with Gasteiger partial charge in [0.1, 0.15) is 11.5 Å². The molecule has 0 aliphatic rings. The first-order valence-electron chi connectivity index (χ1n) is 5.76. The lowest BCUT2D eigenvalue weighted by Gasteiger charge is -2.19. The second-order valence-corrected chi connectivity index (χ2v) is 5.36. The fourth-order valence-corrected chi connectivity index (χ4v) is 1.51. The van der Waals surface area contributed by atoms with Crippen molar-refractivity contribution in [1.29, 1.82) is 0 Å². The van der Waals surface area contributed by atoms with Gasteiger partial charge in [0.2, 0.25) is 0 Å². The Kier molecular flexibility index (Phi) is 3.97. The Morgan fingerprint density at radius 2 is 2.00 bits per heavy atom. The normalized spacial score (nSPS) is 14.2. The molecule has 2 heteroatoms. The molecule has 15 heavy (non-hydrogen) atoms. The van der Waals surface area contributed by atoms with Crippen LogP contribution in [-0.4, -0.2) is 0 Å². The minimum Gasteiger partial charge on any atom is -0.464 e. The highest BCUT2D eigenvalue weighted by molar-refractivity contribution is 5.10. The molecule has 1 rings (SSSR count). The van der Waals surface area contributed by atoms with E-state index in [0.717, 1.165) is 30.8 Å². The maximum absolute atomic E-state index is 6.08. The first-order chi connectivity index (χ1) is 6.92. The van der Waals surface area contributed by atoms with Crippen LogP contribution in [0.5, 0.6) is 0 Å². The van der Waals surface area contributed by atoms with Crippen molar-refractivity contribution >= 4 is 0 Å². The van der Waals surface area contributed by atoms with Gasteiger partial charge in [0.25, 0.3) is 0 Å². The Hall–Kier alpha value is -0.760. The molecule has 0 aliphatic carbocycles. The quantitative estimate of drug-likeness (QED) is 0.821. The van der Waals surface area contributed by atoms with E-state index in [1.54, 1.807) is 0 Å². The topological polar surface area (TPSA) is 39.2 Å². The Bertz CT molecular complexity index is 296.